The van der Waals surface area contributed by atoms with E-state index in [1.165, 1.54) is 23.1 Å². The fraction of sp³-hybridized carbons (Fsp3) is 0. The maximum Gasteiger partial charge on any atom is 0.180 e. The summed E-state index contributed by atoms with van der Waals surface area (Å²) in [6.45, 7) is 0. The number of nitrogens with one attached hydrogen (secondary N) is 1. The summed E-state index contributed by atoms with van der Waals surface area (Å²) in [7, 11) is 0. The number of rotatable bonds is 3. The summed E-state index contributed by atoms with van der Waals surface area (Å²) < 4.78 is 0.783. The number of pyridine rings is 1. The molecule has 5 nitrogen and oxygen atoms in total. The molecule has 0 aliphatic heterocycles. The molecule has 0 aliphatic carbocycles. The van der Waals surface area contributed by atoms with Gasteiger partial charge in [-0.15, -0.1) is 10.2 Å². The number of nitrogen functional groups attached to an aromatic ring is 1. The van der Waals surface area contributed by atoms with Crippen LogP contribution in [0.2, 0.25) is 0 Å². The lowest BCUT2D eigenvalue weighted by Gasteiger charge is -2.07. The van der Waals surface area contributed by atoms with Gasteiger partial charge in [0.15, 0.2) is 4.34 Å². The molecule has 3 N–H and O–H groups in total. The third-order valence-corrected chi connectivity index (χ3v) is 4.29. The lowest BCUT2D eigenvalue weighted by molar-refractivity contribution is 1.01. The molecule has 0 bridgehead atoms. The Kier molecular flexibility index (Phi) is 3.14. The van der Waals surface area contributed by atoms with Crippen LogP contribution in [0.5, 0.6) is 0 Å². The van der Waals surface area contributed by atoms with Crippen LogP contribution in [0, 0.1) is 5.41 Å². The van der Waals surface area contributed by atoms with Gasteiger partial charge in [0.05, 0.1) is 5.52 Å². The normalized spacial score (nSPS) is 10.7. The standard InChI is InChI=1S/C12H9N5S2/c13-10(14)8-5-7-3-1-2-4-9(7)16-11(8)19-12-17-15-6-18-12/h1-6H,(H3,13,14). The van der Waals surface area contributed by atoms with Gasteiger partial charge in [-0.25, -0.2) is 4.98 Å². The molecule has 0 aliphatic rings. The highest BCUT2D eigenvalue weighted by molar-refractivity contribution is 8.01. The second-order valence-electron chi connectivity index (χ2n) is 3.75. The number of hydrogen-bond acceptors (Lipinski definition) is 6. The molecule has 2 aromatic heterocycles. The molecule has 0 unspecified atom stereocenters. The van der Waals surface area contributed by atoms with Crippen LogP contribution >= 0.6 is 23.1 Å². The van der Waals surface area contributed by atoms with E-state index < -0.39 is 0 Å². The van der Waals surface area contributed by atoms with Crippen LogP contribution in [0.25, 0.3) is 10.9 Å². The minimum atomic E-state index is 0.00488. The smallest absolute Gasteiger partial charge is 0.180 e. The molecule has 19 heavy (non-hydrogen) atoms. The van der Waals surface area contributed by atoms with Crippen molar-refractivity contribution in [3.8, 4) is 0 Å². The van der Waals surface area contributed by atoms with Crippen molar-refractivity contribution in [2.75, 3.05) is 0 Å². The van der Waals surface area contributed by atoms with Gasteiger partial charge in [0.2, 0.25) is 0 Å². The van der Waals surface area contributed by atoms with Crippen molar-refractivity contribution in [3.05, 3.63) is 41.4 Å². The van der Waals surface area contributed by atoms with E-state index >= 15 is 0 Å². The Hall–Kier alpha value is -1.99. The van der Waals surface area contributed by atoms with Crippen molar-refractivity contribution in [2.24, 2.45) is 5.73 Å². The van der Waals surface area contributed by atoms with E-state index in [0.717, 1.165) is 15.2 Å². The van der Waals surface area contributed by atoms with Gasteiger partial charge in [-0.3, -0.25) is 5.41 Å². The number of aromatic nitrogens is 3. The lowest BCUT2D eigenvalue weighted by Crippen LogP contribution is -2.13. The molecule has 0 saturated carbocycles. The predicted molar refractivity (Wildman–Crippen MR) is 76.8 cm³/mol. The zero-order chi connectivity index (χ0) is 13.2. The van der Waals surface area contributed by atoms with Gasteiger partial charge in [0.25, 0.3) is 0 Å². The van der Waals surface area contributed by atoms with Crippen molar-refractivity contribution in [3.63, 3.8) is 0 Å². The predicted octanol–water partition coefficient (Wildman–Crippen LogP) is 2.52. The molecule has 3 aromatic rings. The van der Waals surface area contributed by atoms with Crippen LogP contribution in [0.3, 0.4) is 0 Å². The fourth-order valence-electron chi connectivity index (χ4n) is 1.66. The number of amidine groups is 1. The largest absolute Gasteiger partial charge is 0.384 e. The highest BCUT2D eigenvalue weighted by Crippen LogP contribution is 2.31. The van der Waals surface area contributed by atoms with E-state index in [2.05, 4.69) is 15.2 Å². The number of hydrogen-bond donors (Lipinski definition) is 2. The zero-order valence-corrected chi connectivity index (χ0v) is 11.3. The van der Waals surface area contributed by atoms with Gasteiger partial charge in [-0.1, -0.05) is 29.5 Å². The molecule has 0 amide bonds. The minimum absolute atomic E-state index is 0.00488. The SMILES string of the molecule is N=C(N)c1cc2ccccc2nc1Sc1nncs1. The Balaban J connectivity index is 2.15. The van der Waals surface area contributed by atoms with Crippen molar-refractivity contribution in [1.29, 1.82) is 5.41 Å². The number of nitrogens with two attached hydrogens (primary N) is 1. The van der Waals surface area contributed by atoms with Crippen molar-refractivity contribution in [1.82, 2.24) is 15.2 Å². The average molecular weight is 287 g/mol. The summed E-state index contributed by atoms with van der Waals surface area (Å²) >= 11 is 2.81. The molecule has 0 radical (unpaired) electrons. The van der Waals surface area contributed by atoms with E-state index in [-0.39, 0.29) is 5.84 Å². The van der Waals surface area contributed by atoms with Gasteiger partial charge in [0.1, 0.15) is 16.4 Å². The first-order valence-corrected chi connectivity index (χ1v) is 7.12. The maximum absolute atomic E-state index is 7.67. The van der Waals surface area contributed by atoms with Crippen molar-refractivity contribution in [2.45, 2.75) is 9.37 Å². The summed E-state index contributed by atoms with van der Waals surface area (Å²) in [5, 5.41) is 17.1. The first-order chi connectivity index (χ1) is 9.24. The summed E-state index contributed by atoms with van der Waals surface area (Å²) in [5.74, 6) is 0.00488. The molecule has 0 saturated heterocycles. The topological polar surface area (TPSA) is 88.5 Å². The molecular weight excluding hydrogens is 278 g/mol. The molecule has 7 heteroatoms. The monoisotopic (exact) mass is 287 g/mol. The van der Waals surface area contributed by atoms with Gasteiger partial charge >= 0.3 is 0 Å². The Morgan fingerprint density at radius 3 is 2.89 bits per heavy atom. The molecule has 1 aromatic carbocycles. The second kappa shape index (κ2) is 4.94. The summed E-state index contributed by atoms with van der Waals surface area (Å²) in [6, 6.07) is 9.64. The molecule has 94 valence electrons. The van der Waals surface area contributed by atoms with E-state index in [4.69, 9.17) is 11.1 Å². The number of fused-ring (bicyclic) bond motifs is 1. The third kappa shape index (κ3) is 2.42. The van der Waals surface area contributed by atoms with Gasteiger partial charge in [-0.2, -0.15) is 0 Å². The van der Waals surface area contributed by atoms with E-state index in [0.29, 0.717) is 10.6 Å². The van der Waals surface area contributed by atoms with Gasteiger partial charge in [-0.05, 0) is 23.9 Å². The highest BCUT2D eigenvalue weighted by atomic mass is 32.2. The highest BCUT2D eigenvalue weighted by Gasteiger charge is 2.12. The third-order valence-electron chi connectivity index (χ3n) is 2.50. The van der Waals surface area contributed by atoms with E-state index in [1.807, 2.05) is 30.3 Å². The van der Waals surface area contributed by atoms with Gasteiger partial charge in [0, 0.05) is 10.9 Å². The van der Waals surface area contributed by atoms with Crippen LogP contribution in [0.15, 0.2) is 45.2 Å². The molecule has 0 spiro atoms. The first kappa shape index (κ1) is 12.1. The Bertz CT molecular complexity index is 739. The van der Waals surface area contributed by atoms with Crippen LogP contribution < -0.4 is 5.73 Å². The Labute approximate surface area is 117 Å². The summed E-state index contributed by atoms with van der Waals surface area (Å²) in [4.78, 5) is 4.55. The molecular formula is C12H9N5S2. The first-order valence-electron chi connectivity index (χ1n) is 5.42. The maximum atomic E-state index is 7.67. The Morgan fingerprint density at radius 1 is 1.32 bits per heavy atom. The average Bonchev–Trinajstić information content (AvgIpc) is 2.90. The number of benzene rings is 1. The van der Waals surface area contributed by atoms with Crippen LogP contribution in [-0.2, 0) is 0 Å². The summed E-state index contributed by atoms with van der Waals surface area (Å²) in [6.07, 6.45) is 0. The molecule has 2 heterocycles. The number of para-hydroxylation sites is 1. The van der Waals surface area contributed by atoms with Crippen molar-refractivity contribution >= 4 is 39.8 Å². The minimum Gasteiger partial charge on any atom is -0.384 e. The van der Waals surface area contributed by atoms with Crippen LogP contribution in [0.1, 0.15) is 5.56 Å². The summed E-state index contributed by atoms with van der Waals surface area (Å²) in [5.41, 5.74) is 8.79. The zero-order valence-electron chi connectivity index (χ0n) is 9.70. The van der Waals surface area contributed by atoms with E-state index in [1.54, 1.807) is 5.51 Å². The number of nitrogens with zero attached hydrogens (tertiary/aromatic N) is 3. The molecule has 0 atom stereocenters. The van der Waals surface area contributed by atoms with Crippen LogP contribution in [-0.4, -0.2) is 21.0 Å². The van der Waals surface area contributed by atoms with E-state index in [9.17, 15) is 0 Å². The Morgan fingerprint density at radius 2 is 2.16 bits per heavy atom. The second-order valence-corrected chi connectivity index (χ2v) is 5.82. The van der Waals surface area contributed by atoms with Crippen LogP contribution in [0.4, 0.5) is 0 Å². The van der Waals surface area contributed by atoms with Gasteiger partial charge < -0.3 is 5.73 Å². The van der Waals surface area contributed by atoms with Crippen molar-refractivity contribution < 1.29 is 0 Å². The lowest BCUT2D eigenvalue weighted by atomic mass is 10.1. The molecule has 0 fully saturated rings. The quantitative estimate of drug-likeness (QED) is 0.571. The molecule has 3 rings (SSSR count). The fourth-order valence-corrected chi connectivity index (χ4v) is 3.17.